The Bertz CT molecular complexity index is 685. The van der Waals surface area contributed by atoms with Crippen LogP contribution in [0.5, 0.6) is 17.2 Å². The lowest BCUT2D eigenvalue weighted by molar-refractivity contribution is 0.328. The van der Waals surface area contributed by atoms with Crippen LogP contribution in [-0.4, -0.2) is 31.6 Å². The van der Waals surface area contributed by atoms with Crippen LogP contribution in [0.3, 0.4) is 0 Å². The highest BCUT2D eigenvalue weighted by atomic mass is 16.5. The highest BCUT2D eigenvalue weighted by Gasteiger charge is 2.12. The fraction of sp³-hybridized carbons (Fsp3) is 0.350. The number of methoxy groups -OCH3 is 1. The van der Waals surface area contributed by atoms with Crippen LogP contribution in [-0.2, 0) is 5.41 Å². The third-order valence-corrected chi connectivity index (χ3v) is 3.69. The first-order valence-corrected chi connectivity index (χ1v) is 8.01. The molecule has 4 heteroatoms. The summed E-state index contributed by atoms with van der Waals surface area (Å²) in [5.41, 5.74) is 2.05. The van der Waals surface area contributed by atoms with Crippen LogP contribution in [0.2, 0.25) is 0 Å². The summed E-state index contributed by atoms with van der Waals surface area (Å²) >= 11 is 0. The summed E-state index contributed by atoms with van der Waals surface area (Å²) in [5, 5.41) is 9.97. The maximum absolute atomic E-state index is 9.97. The van der Waals surface area contributed by atoms with E-state index in [1.807, 2.05) is 18.2 Å². The second-order valence-corrected chi connectivity index (χ2v) is 6.56. The van der Waals surface area contributed by atoms with Gasteiger partial charge >= 0.3 is 0 Å². The summed E-state index contributed by atoms with van der Waals surface area (Å²) in [6.07, 6.45) is 1.63. The number of ether oxygens (including phenoxy) is 2. The van der Waals surface area contributed by atoms with Crippen LogP contribution < -0.4 is 9.47 Å². The molecule has 2 rings (SSSR count). The zero-order chi connectivity index (χ0) is 17.6. The Morgan fingerprint density at radius 3 is 2.42 bits per heavy atom. The Morgan fingerprint density at radius 2 is 1.79 bits per heavy atom. The summed E-state index contributed by atoms with van der Waals surface area (Å²) in [6, 6.07) is 13.5. The zero-order valence-corrected chi connectivity index (χ0v) is 14.7. The topological polar surface area (TPSA) is 51.0 Å². The van der Waals surface area contributed by atoms with Gasteiger partial charge in [0.25, 0.3) is 0 Å². The average molecular weight is 327 g/mol. The van der Waals surface area contributed by atoms with Gasteiger partial charge in [-0.1, -0.05) is 39.0 Å². The van der Waals surface area contributed by atoms with E-state index < -0.39 is 0 Å². The van der Waals surface area contributed by atoms with E-state index in [0.29, 0.717) is 24.5 Å². The van der Waals surface area contributed by atoms with Gasteiger partial charge in [-0.2, -0.15) is 0 Å². The molecule has 1 N–H and O–H groups in total. The molecule has 128 valence electrons. The van der Waals surface area contributed by atoms with E-state index >= 15 is 0 Å². The van der Waals surface area contributed by atoms with E-state index in [2.05, 4.69) is 37.9 Å². The minimum absolute atomic E-state index is 0.0995. The smallest absolute Gasteiger partial charge is 0.166 e. The van der Waals surface area contributed by atoms with Crippen molar-refractivity contribution in [3.8, 4) is 17.2 Å². The molecule has 0 spiro atoms. The fourth-order valence-electron chi connectivity index (χ4n) is 2.24. The number of phenolic OH excluding ortho intramolecular Hbond substituents is 1. The molecule has 0 unspecified atom stereocenters. The summed E-state index contributed by atoms with van der Waals surface area (Å²) in [6.45, 7) is 7.55. The number of aliphatic imine (C=N–C) groups is 1. The molecule has 2 aromatic carbocycles. The maximum Gasteiger partial charge on any atom is 0.166 e. The molecule has 24 heavy (non-hydrogen) atoms. The largest absolute Gasteiger partial charge is 0.504 e. The van der Waals surface area contributed by atoms with Crippen LogP contribution in [0.15, 0.2) is 47.5 Å². The van der Waals surface area contributed by atoms with Crippen molar-refractivity contribution in [2.75, 3.05) is 20.3 Å². The van der Waals surface area contributed by atoms with Crippen molar-refractivity contribution in [1.29, 1.82) is 0 Å². The van der Waals surface area contributed by atoms with Crippen molar-refractivity contribution in [3.05, 3.63) is 53.6 Å². The average Bonchev–Trinajstić information content (AvgIpc) is 2.55. The monoisotopic (exact) mass is 327 g/mol. The molecule has 0 aromatic heterocycles. The molecule has 4 nitrogen and oxygen atoms in total. The van der Waals surface area contributed by atoms with E-state index in [-0.39, 0.29) is 11.2 Å². The number of aromatic hydroxyl groups is 1. The quantitative estimate of drug-likeness (QED) is 0.639. The van der Waals surface area contributed by atoms with Crippen LogP contribution in [0.4, 0.5) is 0 Å². The Morgan fingerprint density at radius 1 is 1.08 bits per heavy atom. The van der Waals surface area contributed by atoms with E-state index in [4.69, 9.17) is 9.47 Å². The first-order chi connectivity index (χ1) is 11.4. The van der Waals surface area contributed by atoms with Gasteiger partial charge in [-0.25, -0.2) is 0 Å². The van der Waals surface area contributed by atoms with Gasteiger partial charge in [0.1, 0.15) is 12.4 Å². The number of phenols is 1. The minimum Gasteiger partial charge on any atom is -0.504 e. The molecular formula is C20H25NO3. The van der Waals surface area contributed by atoms with Gasteiger partial charge in [0.05, 0.1) is 13.7 Å². The van der Waals surface area contributed by atoms with Gasteiger partial charge < -0.3 is 14.6 Å². The van der Waals surface area contributed by atoms with Crippen LogP contribution >= 0.6 is 0 Å². The van der Waals surface area contributed by atoms with Crippen molar-refractivity contribution in [2.45, 2.75) is 26.2 Å². The predicted octanol–water partition coefficient (Wildman–Crippen LogP) is 4.20. The number of hydrogen-bond donors (Lipinski definition) is 1. The highest BCUT2D eigenvalue weighted by molar-refractivity contribution is 5.84. The molecule has 0 atom stereocenters. The minimum atomic E-state index is 0.0995. The van der Waals surface area contributed by atoms with Gasteiger partial charge in [0.2, 0.25) is 0 Å². The third kappa shape index (κ3) is 4.75. The van der Waals surface area contributed by atoms with Crippen molar-refractivity contribution in [3.63, 3.8) is 0 Å². The third-order valence-electron chi connectivity index (χ3n) is 3.69. The molecule has 0 amide bonds. The van der Waals surface area contributed by atoms with Gasteiger partial charge in [0, 0.05) is 11.8 Å². The van der Waals surface area contributed by atoms with Gasteiger partial charge in [-0.15, -0.1) is 0 Å². The Labute approximate surface area is 143 Å². The van der Waals surface area contributed by atoms with Crippen molar-refractivity contribution in [2.24, 2.45) is 4.99 Å². The summed E-state index contributed by atoms with van der Waals surface area (Å²) in [7, 11) is 1.52. The lowest BCUT2D eigenvalue weighted by Crippen LogP contribution is -2.10. The van der Waals surface area contributed by atoms with E-state index in [1.165, 1.54) is 12.7 Å². The van der Waals surface area contributed by atoms with Crippen molar-refractivity contribution in [1.82, 2.24) is 0 Å². The first-order valence-electron chi connectivity index (χ1n) is 8.01. The Balaban J connectivity index is 1.85. The molecule has 0 saturated heterocycles. The standard InChI is InChI=1S/C20H25NO3/c1-20(2,3)16-8-10-17(11-9-16)24-13-12-21-14-15-6-5-7-18(23-4)19(15)22/h5-11,14,22H,12-13H2,1-4H3. The first kappa shape index (κ1) is 17.9. The SMILES string of the molecule is COc1cccc(C=NCCOc2ccc(C(C)(C)C)cc2)c1O. The molecule has 0 bridgehead atoms. The van der Waals surface area contributed by atoms with Gasteiger partial charge in [-0.05, 0) is 35.2 Å². The molecule has 0 heterocycles. The highest BCUT2D eigenvalue weighted by Crippen LogP contribution is 2.28. The van der Waals surface area contributed by atoms with E-state index in [9.17, 15) is 5.11 Å². The summed E-state index contributed by atoms with van der Waals surface area (Å²) in [5.74, 6) is 1.37. The summed E-state index contributed by atoms with van der Waals surface area (Å²) < 4.78 is 10.8. The van der Waals surface area contributed by atoms with Crippen molar-refractivity contribution < 1.29 is 14.6 Å². The number of benzene rings is 2. The normalized spacial score (nSPS) is 11.7. The maximum atomic E-state index is 9.97. The second-order valence-electron chi connectivity index (χ2n) is 6.56. The van der Waals surface area contributed by atoms with E-state index in [1.54, 1.807) is 18.3 Å². The Kier molecular flexibility index (Phi) is 5.85. The number of hydrogen-bond acceptors (Lipinski definition) is 4. The molecular weight excluding hydrogens is 302 g/mol. The number of rotatable bonds is 6. The molecule has 0 aliphatic rings. The molecule has 0 radical (unpaired) electrons. The van der Waals surface area contributed by atoms with Crippen LogP contribution in [0, 0.1) is 0 Å². The molecule has 0 aliphatic heterocycles. The van der Waals surface area contributed by atoms with Crippen molar-refractivity contribution >= 4 is 6.21 Å². The second kappa shape index (κ2) is 7.86. The van der Waals surface area contributed by atoms with Gasteiger partial charge in [0.15, 0.2) is 11.5 Å². The van der Waals surface area contributed by atoms with E-state index in [0.717, 1.165) is 5.75 Å². The zero-order valence-electron chi connectivity index (χ0n) is 14.7. The number of nitrogens with zero attached hydrogens (tertiary/aromatic N) is 1. The molecule has 2 aromatic rings. The molecule has 0 saturated carbocycles. The summed E-state index contributed by atoms with van der Waals surface area (Å²) in [4.78, 5) is 4.28. The fourth-order valence-corrected chi connectivity index (χ4v) is 2.24. The molecule has 0 aliphatic carbocycles. The lowest BCUT2D eigenvalue weighted by Gasteiger charge is -2.19. The van der Waals surface area contributed by atoms with Crippen LogP contribution in [0.1, 0.15) is 31.9 Å². The Hall–Kier alpha value is -2.49. The molecule has 0 fully saturated rings. The predicted molar refractivity (Wildman–Crippen MR) is 97.8 cm³/mol. The lowest BCUT2D eigenvalue weighted by atomic mass is 9.87. The number of para-hydroxylation sites is 1. The van der Waals surface area contributed by atoms with Crippen LogP contribution in [0.25, 0.3) is 0 Å². The van der Waals surface area contributed by atoms with Gasteiger partial charge in [-0.3, -0.25) is 4.99 Å².